The minimum absolute atomic E-state index is 0.0468. The SMILES string of the molecule is CCOc1ccccc1-c1nnc(SCC(=O)Nc2cccc(C(C)=O)c2)n1C. The first kappa shape index (κ1) is 20.6. The van der Waals surface area contributed by atoms with Gasteiger partial charge in [-0.3, -0.25) is 9.59 Å². The highest BCUT2D eigenvalue weighted by Gasteiger charge is 2.16. The fraction of sp³-hybridized carbons (Fsp3) is 0.238. The maximum atomic E-state index is 12.3. The first-order chi connectivity index (χ1) is 14.0. The standard InChI is InChI=1S/C21H22N4O3S/c1-4-28-18-11-6-5-10-17(18)20-23-24-21(25(20)3)29-13-19(27)22-16-9-7-8-15(12-16)14(2)26/h5-12H,4,13H2,1-3H3,(H,22,27). The molecule has 150 valence electrons. The molecular weight excluding hydrogens is 388 g/mol. The van der Waals surface area contributed by atoms with Gasteiger partial charge in [0.2, 0.25) is 5.91 Å². The summed E-state index contributed by atoms with van der Waals surface area (Å²) < 4.78 is 7.51. The van der Waals surface area contributed by atoms with E-state index in [1.807, 2.05) is 42.8 Å². The number of anilines is 1. The number of para-hydroxylation sites is 1. The van der Waals surface area contributed by atoms with E-state index in [0.29, 0.717) is 28.8 Å². The Balaban J connectivity index is 1.67. The summed E-state index contributed by atoms with van der Waals surface area (Å²) in [6.07, 6.45) is 0. The average Bonchev–Trinajstić information content (AvgIpc) is 3.07. The largest absolute Gasteiger partial charge is 0.493 e. The molecule has 0 unspecified atom stereocenters. The molecule has 1 aromatic heterocycles. The van der Waals surface area contributed by atoms with Crippen LogP contribution in [0.15, 0.2) is 53.7 Å². The molecule has 0 radical (unpaired) electrons. The second kappa shape index (κ2) is 9.38. The predicted octanol–water partition coefficient (Wildman–Crippen LogP) is 3.81. The lowest BCUT2D eigenvalue weighted by molar-refractivity contribution is -0.113. The van der Waals surface area contributed by atoms with E-state index in [-0.39, 0.29) is 17.4 Å². The highest BCUT2D eigenvalue weighted by Crippen LogP contribution is 2.30. The van der Waals surface area contributed by atoms with Crippen LogP contribution in [-0.4, -0.2) is 38.8 Å². The van der Waals surface area contributed by atoms with E-state index < -0.39 is 0 Å². The number of nitrogens with zero attached hydrogens (tertiary/aromatic N) is 3. The van der Waals surface area contributed by atoms with Crippen LogP contribution in [0.25, 0.3) is 11.4 Å². The highest BCUT2D eigenvalue weighted by atomic mass is 32.2. The molecule has 1 heterocycles. The van der Waals surface area contributed by atoms with Gasteiger partial charge in [-0.25, -0.2) is 0 Å². The van der Waals surface area contributed by atoms with Crippen molar-refractivity contribution in [3.8, 4) is 17.1 Å². The molecule has 0 fully saturated rings. The highest BCUT2D eigenvalue weighted by molar-refractivity contribution is 7.99. The van der Waals surface area contributed by atoms with Gasteiger partial charge in [-0.2, -0.15) is 0 Å². The quantitative estimate of drug-likeness (QED) is 0.449. The normalized spacial score (nSPS) is 10.6. The van der Waals surface area contributed by atoms with Gasteiger partial charge in [-0.15, -0.1) is 10.2 Å². The lowest BCUT2D eigenvalue weighted by Gasteiger charge is -2.10. The summed E-state index contributed by atoms with van der Waals surface area (Å²) in [5.74, 6) is 1.35. The van der Waals surface area contributed by atoms with Gasteiger partial charge in [0.1, 0.15) is 5.75 Å². The van der Waals surface area contributed by atoms with Gasteiger partial charge in [0.05, 0.1) is 17.9 Å². The Hall–Kier alpha value is -3.13. The van der Waals surface area contributed by atoms with Crippen molar-refractivity contribution in [2.24, 2.45) is 7.05 Å². The van der Waals surface area contributed by atoms with Gasteiger partial charge in [0.15, 0.2) is 16.8 Å². The molecule has 0 aliphatic carbocycles. The summed E-state index contributed by atoms with van der Waals surface area (Å²) in [7, 11) is 1.86. The van der Waals surface area contributed by atoms with Crippen LogP contribution in [0.1, 0.15) is 24.2 Å². The second-order valence-corrected chi connectivity index (χ2v) is 7.21. The Morgan fingerprint density at radius 3 is 2.69 bits per heavy atom. The molecule has 0 aliphatic heterocycles. The third kappa shape index (κ3) is 5.03. The molecule has 3 rings (SSSR count). The zero-order valence-electron chi connectivity index (χ0n) is 16.5. The molecule has 0 spiro atoms. The van der Waals surface area contributed by atoms with Crippen LogP contribution in [0.5, 0.6) is 5.75 Å². The Kier molecular flexibility index (Phi) is 6.66. The summed E-state index contributed by atoms with van der Waals surface area (Å²) in [6.45, 7) is 3.98. The van der Waals surface area contributed by atoms with Crippen LogP contribution in [0, 0.1) is 0 Å². The van der Waals surface area contributed by atoms with Gasteiger partial charge in [0.25, 0.3) is 0 Å². The predicted molar refractivity (Wildman–Crippen MR) is 113 cm³/mol. The van der Waals surface area contributed by atoms with Crippen molar-refractivity contribution in [1.82, 2.24) is 14.8 Å². The summed E-state index contributed by atoms with van der Waals surface area (Å²) in [5.41, 5.74) is 2.00. The molecule has 0 aliphatic rings. The summed E-state index contributed by atoms with van der Waals surface area (Å²) in [5, 5.41) is 11.9. The average molecular weight is 410 g/mol. The van der Waals surface area contributed by atoms with Gasteiger partial charge >= 0.3 is 0 Å². The molecular formula is C21H22N4O3S. The number of thioether (sulfide) groups is 1. The molecule has 29 heavy (non-hydrogen) atoms. The smallest absolute Gasteiger partial charge is 0.234 e. The van der Waals surface area contributed by atoms with E-state index in [1.165, 1.54) is 18.7 Å². The number of benzene rings is 2. The molecule has 3 aromatic rings. The minimum Gasteiger partial charge on any atom is -0.493 e. The van der Waals surface area contributed by atoms with E-state index >= 15 is 0 Å². The number of rotatable bonds is 8. The molecule has 1 amide bonds. The maximum absolute atomic E-state index is 12.3. The number of hydrogen-bond acceptors (Lipinski definition) is 6. The van der Waals surface area contributed by atoms with E-state index in [2.05, 4.69) is 15.5 Å². The number of nitrogens with one attached hydrogen (secondary N) is 1. The number of ether oxygens (including phenoxy) is 1. The molecule has 0 atom stereocenters. The van der Waals surface area contributed by atoms with Gasteiger partial charge in [-0.05, 0) is 38.1 Å². The zero-order valence-corrected chi connectivity index (χ0v) is 17.3. The second-order valence-electron chi connectivity index (χ2n) is 6.27. The van der Waals surface area contributed by atoms with Crippen molar-refractivity contribution < 1.29 is 14.3 Å². The number of Topliss-reactive ketones (excluding diaryl/α,β-unsaturated/α-hetero) is 1. The van der Waals surface area contributed by atoms with Crippen molar-refractivity contribution >= 4 is 29.1 Å². The maximum Gasteiger partial charge on any atom is 0.234 e. The van der Waals surface area contributed by atoms with E-state index in [9.17, 15) is 9.59 Å². The van der Waals surface area contributed by atoms with Crippen molar-refractivity contribution in [2.75, 3.05) is 17.7 Å². The van der Waals surface area contributed by atoms with Crippen LogP contribution in [0.2, 0.25) is 0 Å². The molecule has 7 nitrogen and oxygen atoms in total. The lowest BCUT2D eigenvalue weighted by Crippen LogP contribution is -2.14. The third-order valence-electron chi connectivity index (χ3n) is 4.15. The van der Waals surface area contributed by atoms with Crippen LogP contribution in [0.4, 0.5) is 5.69 Å². The Bertz CT molecular complexity index is 1030. The minimum atomic E-state index is -0.185. The van der Waals surface area contributed by atoms with Crippen molar-refractivity contribution in [2.45, 2.75) is 19.0 Å². The Morgan fingerprint density at radius 2 is 1.93 bits per heavy atom. The topological polar surface area (TPSA) is 86.1 Å². The number of aromatic nitrogens is 3. The molecule has 0 saturated heterocycles. The molecule has 8 heteroatoms. The first-order valence-corrected chi connectivity index (χ1v) is 10.1. The number of carbonyl (C=O) groups is 2. The Morgan fingerprint density at radius 1 is 1.14 bits per heavy atom. The molecule has 2 aromatic carbocycles. The number of carbonyl (C=O) groups excluding carboxylic acids is 2. The third-order valence-corrected chi connectivity index (χ3v) is 5.17. The van der Waals surface area contributed by atoms with Crippen LogP contribution < -0.4 is 10.1 Å². The van der Waals surface area contributed by atoms with Gasteiger partial charge < -0.3 is 14.6 Å². The Labute approximate surface area is 173 Å². The molecule has 1 N–H and O–H groups in total. The van der Waals surface area contributed by atoms with E-state index in [0.717, 1.165) is 11.3 Å². The zero-order chi connectivity index (χ0) is 20.8. The summed E-state index contributed by atoms with van der Waals surface area (Å²) in [4.78, 5) is 23.8. The van der Waals surface area contributed by atoms with Crippen LogP contribution in [-0.2, 0) is 11.8 Å². The number of hydrogen-bond donors (Lipinski definition) is 1. The van der Waals surface area contributed by atoms with Gasteiger partial charge in [0, 0.05) is 18.3 Å². The fourth-order valence-electron chi connectivity index (χ4n) is 2.75. The fourth-order valence-corrected chi connectivity index (χ4v) is 3.46. The number of ketones is 1. The van der Waals surface area contributed by atoms with Crippen LogP contribution in [0.3, 0.4) is 0 Å². The van der Waals surface area contributed by atoms with E-state index in [1.54, 1.807) is 24.3 Å². The van der Waals surface area contributed by atoms with Crippen molar-refractivity contribution in [1.29, 1.82) is 0 Å². The number of amides is 1. The van der Waals surface area contributed by atoms with E-state index in [4.69, 9.17) is 4.74 Å². The van der Waals surface area contributed by atoms with Gasteiger partial charge in [-0.1, -0.05) is 36.0 Å². The van der Waals surface area contributed by atoms with Crippen molar-refractivity contribution in [3.05, 3.63) is 54.1 Å². The van der Waals surface area contributed by atoms with Crippen LogP contribution >= 0.6 is 11.8 Å². The lowest BCUT2D eigenvalue weighted by atomic mass is 10.1. The monoisotopic (exact) mass is 410 g/mol. The molecule has 0 bridgehead atoms. The van der Waals surface area contributed by atoms with Crippen molar-refractivity contribution in [3.63, 3.8) is 0 Å². The summed E-state index contributed by atoms with van der Waals surface area (Å²) in [6, 6.07) is 14.5. The first-order valence-electron chi connectivity index (χ1n) is 9.14. The molecule has 0 saturated carbocycles. The summed E-state index contributed by atoms with van der Waals surface area (Å²) >= 11 is 1.29.